The van der Waals surface area contributed by atoms with Gasteiger partial charge in [-0.25, -0.2) is 0 Å². The summed E-state index contributed by atoms with van der Waals surface area (Å²) >= 11 is 0. The van der Waals surface area contributed by atoms with E-state index >= 15 is 0 Å². The van der Waals surface area contributed by atoms with E-state index in [1.54, 1.807) is 13.8 Å². The Labute approximate surface area is 304 Å². The molecule has 0 aromatic heterocycles. The van der Waals surface area contributed by atoms with Crippen LogP contribution in [0.2, 0.25) is 0 Å². The van der Waals surface area contributed by atoms with Gasteiger partial charge in [-0.2, -0.15) is 0 Å². The Bertz CT molecular complexity index is 1230. The van der Waals surface area contributed by atoms with Crippen LogP contribution in [0.3, 0.4) is 0 Å². The first-order chi connectivity index (χ1) is 23.9. The van der Waals surface area contributed by atoms with Crippen LogP contribution in [0, 0.1) is 35.5 Å². The molecular formula is C39H66O12. The van der Waals surface area contributed by atoms with Crippen molar-refractivity contribution >= 4 is 11.9 Å². The molecule has 0 aromatic carbocycles. The number of carbonyl (C=O) groups excluding carboxylic acids is 1. The Balaban J connectivity index is 1.29. The van der Waals surface area contributed by atoms with Crippen molar-refractivity contribution in [3.05, 3.63) is 0 Å². The van der Waals surface area contributed by atoms with E-state index in [4.69, 9.17) is 33.2 Å². The molecule has 0 saturated carbocycles. The second-order valence-electron chi connectivity index (χ2n) is 17.1. The number of esters is 1. The van der Waals surface area contributed by atoms with Crippen molar-refractivity contribution in [2.45, 2.75) is 186 Å². The van der Waals surface area contributed by atoms with E-state index in [1.807, 2.05) is 20.8 Å². The predicted octanol–water partition coefficient (Wildman–Crippen LogP) is 5.23. The normalized spacial score (nSPS) is 47.7. The van der Waals surface area contributed by atoms with E-state index in [1.165, 1.54) is 7.11 Å². The smallest absolute Gasteiger partial charge is 0.308 e. The molecule has 5 rings (SSSR count). The number of ether oxygens (including phenoxy) is 7. The minimum Gasteiger partial charge on any atom is -0.481 e. The van der Waals surface area contributed by atoms with Crippen LogP contribution in [0.15, 0.2) is 0 Å². The number of carboxylic acids is 1. The van der Waals surface area contributed by atoms with E-state index in [-0.39, 0.29) is 60.4 Å². The molecule has 5 aliphatic heterocycles. The van der Waals surface area contributed by atoms with Gasteiger partial charge in [-0.15, -0.1) is 0 Å². The molecule has 5 heterocycles. The first kappa shape index (κ1) is 40.8. The third kappa shape index (κ3) is 7.51. The third-order valence-corrected chi connectivity index (χ3v) is 13.6. The van der Waals surface area contributed by atoms with E-state index in [0.717, 1.165) is 32.1 Å². The van der Waals surface area contributed by atoms with E-state index in [0.29, 0.717) is 19.3 Å². The largest absolute Gasteiger partial charge is 0.481 e. The second-order valence-corrected chi connectivity index (χ2v) is 17.1. The quantitative estimate of drug-likeness (QED) is 0.225. The zero-order valence-corrected chi connectivity index (χ0v) is 32.6. The molecule has 0 bridgehead atoms. The van der Waals surface area contributed by atoms with Crippen molar-refractivity contribution in [3.63, 3.8) is 0 Å². The number of carboxylic acid groups (broad SMARTS) is 1. The topological polar surface area (TPSA) is 159 Å². The van der Waals surface area contributed by atoms with Crippen molar-refractivity contribution < 1.29 is 58.1 Å². The maximum atomic E-state index is 12.4. The zero-order chi connectivity index (χ0) is 37.7. The number of hydrogen-bond donors (Lipinski definition) is 3. The van der Waals surface area contributed by atoms with Gasteiger partial charge in [0.25, 0.3) is 0 Å². The molecule has 51 heavy (non-hydrogen) atoms. The summed E-state index contributed by atoms with van der Waals surface area (Å²) in [6.07, 6.45) is 2.90. The average molecular weight is 727 g/mol. The molecule has 5 saturated heterocycles. The van der Waals surface area contributed by atoms with Gasteiger partial charge >= 0.3 is 11.9 Å². The van der Waals surface area contributed by atoms with E-state index in [9.17, 15) is 24.9 Å². The van der Waals surface area contributed by atoms with Crippen LogP contribution in [0.1, 0.15) is 120 Å². The Morgan fingerprint density at radius 3 is 2.29 bits per heavy atom. The number of aliphatic hydroxyl groups is 2. The maximum Gasteiger partial charge on any atom is 0.308 e. The van der Waals surface area contributed by atoms with Gasteiger partial charge in [-0.3, -0.25) is 9.59 Å². The number of hydrogen-bond acceptors (Lipinski definition) is 11. The van der Waals surface area contributed by atoms with Crippen LogP contribution in [0.25, 0.3) is 0 Å². The highest BCUT2D eigenvalue weighted by atomic mass is 16.7. The Morgan fingerprint density at radius 2 is 1.69 bits per heavy atom. The second kappa shape index (κ2) is 15.4. The van der Waals surface area contributed by atoms with Crippen molar-refractivity contribution in [1.82, 2.24) is 0 Å². The molecule has 0 aliphatic carbocycles. The van der Waals surface area contributed by atoms with Gasteiger partial charge in [0.05, 0.1) is 59.8 Å². The summed E-state index contributed by atoms with van der Waals surface area (Å²) in [5.74, 6) is -4.87. The average Bonchev–Trinajstić information content (AvgIpc) is 3.80. The highest BCUT2D eigenvalue weighted by Crippen LogP contribution is 2.55. The Hall–Kier alpha value is -1.38. The Kier molecular flexibility index (Phi) is 12.3. The Morgan fingerprint density at radius 1 is 0.980 bits per heavy atom. The van der Waals surface area contributed by atoms with Crippen molar-refractivity contribution in [2.75, 3.05) is 13.7 Å². The molecule has 5 aliphatic rings. The molecule has 1 spiro atoms. The molecule has 17 atom stereocenters. The fourth-order valence-corrected chi connectivity index (χ4v) is 10.3. The molecule has 294 valence electrons. The molecule has 12 heteroatoms. The van der Waals surface area contributed by atoms with Crippen molar-refractivity contribution in [1.29, 1.82) is 0 Å². The van der Waals surface area contributed by atoms with Crippen LogP contribution in [0.4, 0.5) is 0 Å². The van der Waals surface area contributed by atoms with Gasteiger partial charge in [-0.1, -0.05) is 48.5 Å². The molecule has 0 radical (unpaired) electrons. The lowest BCUT2D eigenvalue weighted by atomic mass is 9.78. The SMILES string of the molecule is CCC(=O)O[C@@]1(CO)O[C@H]([C@H]2C[C@H](C)[C@H]([C@]3(CC)CC[C@H]([C@]4(C)CC[C@]5(C[C@H](O)[C@@H](C)[C@@H]([C@@H](C)[C@@H](OC)[C@H](C)C(=O)O)O5)O4)O3)O2)[C@@H](C)C[C@H]1C. The van der Waals surface area contributed by atoms with E-state index < -0.39 is 65.6 Å². The molecule has 0 aromatic rings. The van der Waals surface area contributed by atoms with Gasteiger partial charge in [0.15, 0.2) is 5.79 Å². The van der Waals surface area contributed by atoms with Crippen LogP contribution < -0.4 is 0 Å². The number of aliphatic hydroxyl groups excluding tert-OH is 2. The van der Waals surface area contributed by atoms with Gasteiger partial charge in [0.1, 0.15) is 6.61 Å². The molecule has 12 nitrogen and oxygen atoms in total. The van der Waals surface area contributed by atoms with Crippen LogP contribution >= 0.6 is 0 Å². The molecular weight excluding hydrogens is 660 g/mol. The lowest BCUT2D eigenvalue weighted by Crippen LogP contribution is -2.58. The summed E-state index contributed by atoms with van der Waals surface area (Å²) < 4.78 is 45.8. The number of rotatable bonds is 12. The fraction of sp³-hybridized carbons (Fsp3) is 0.949. The highest BCUT2D eigenvalue weighted by molar-refractivity contribution is 5.70. The number of aliphatic carboxylic acids is 1. The van der Waals surface area contributed by atoms with Gasteiger partial charge in [-0.05, 0) is 64.2 Å². The lowest BCUT2D eigenvalue weighted by Gasteiger charge is -2.49. The summed E-state index contributed by atoms with van der Waals surface area (Å²) in [6.45, 7) is 17.4. The van der Waals surface area contributed by atoms with Crippen LogP contribution in [0.5, 0.6) is 0 Å². The molecule has 3 N–H and O–H groups in total. The summed E-state index contributed by atoms with van der Waals surface area (Å²) in [4.78, 5) is 24.2. The lowest BCUT2D eigenvalue weighted by molar-refractivity contribution is -0.336. The van der Waals surface area contributed by atoms with Gasteiger partial charge < -0.3 is 48.5 Å². The minimum atomic E-state index is -1.39. The first-order valence-electron chi connectivity index (χ1n) is 19.6. The summed E-state index contributed by atoms with van der Waals surface area (Å²) in [6, 6.07) is 0. The maximum absolute atomic E-state index is 12.4. The molecule has 0 unspecified atom stereocenters. The minimum absolute atomic E-state index is 0.138. The molecule has 5 fully saturated rings. The van der Waals surface area contributed by atoms with Crippen LogP contribution in [-0.4, -0.2) is 106 Å². The van der Waals surface area contributed by atoms with Crippen molar-refractivity contribution in [2.24, 2.45) is 35.5 Å². The number of carbonyl (C=O) groups is 2. The highest BCUT2D eigenvalue weighted by Gasteiger charge is 2.62. The summed E-state index contributed by atoms with van der Waals surface area (Å²) in [5, 5.41) is 31.5. The monoisotopic (exact) mass is 726 g/mol. The van der Waals surface area contributed by atoms with Gasteiger partial charge in [0.2, 0.25) is 5.79 Å². The van der Waals surface area contributed by atoms with Gasteiger partial charge in [0, 0.05) is 44.1 Å². The first-order valence-corrected chi connectivity index (χ1v) is 19.6. The molecule has 0 amide bonds. The van der Waals surface area contributed by atoms with E-state index in [2.05, 4.69) is 27.7 Å². The fourth-order valence-electron chi connectivity index (χ4n) is 10.3. The van der Waals surface area contributed by atoms with Crippen LogP contribution in [-0.2, 0) is 42.7 Å². The standard InChI is InChI=1S/C39H66O12/c1-11-30(42)48-39(20-40)23(5)17-21(3)31(50-39)28-18-22(4)34(46-28)37(12-2)14-13-29(47-37)36(9)15-16-38(51-36)19-27(41)24(6)33(49-38)25(7)32(45-10)26(8)35(43)44/h21-29,31-34,40-41H,11-20H2,1-10H3,(H,43,44)/t21-,22-,23+,24+,25-,26-,27-,28+,29+,31-,32+,33-,34+,36-,37-,38+,39-/m0/s1. The zero-order valence-electron chi connectivity index (χ0n) is 32.6. The summed E-state index contributed by atoms with van der Waals surface area (Å²) in [7, 11) is 1.52. The number of methoxy groups -OCH3 is 1. The third-order valence-electron chi connectivity index (χ3n) is 13.6. The summed E-state index contributed by atoms with van der Waals surface area (Å²) in [5.41, 5.74) is -1.20. The van der Waals surface area contributed by atoms with Crippen molar-refractivity contribution in [3.8, 4) is 0 Å². The predicted molar refractivity (Wildman–Crippen MR) is 186 cm³/mol.